The lowest BCUT2D eigenvalue weighted by atomic mass is 10.0. The smallest absolute Gasteiger partial charge is 0.261 e. The molecule has 3 aromatic carbocycles. The molecule has 0 saturated heterocycles. The van der Waals surface area contributed by atoms with Crippen molar-refractivity contribution in [1.29, 1.82) is 0 Å². The molecule has 3 rings (SSSR count). The third-order valence-corrected chi connectivity index (χ3v) is 6.59. The van der Waals surface area contributed by atoms with Crippen LogP contribution >= 0.6 is 11.6 Å². The van der Waals surface area contributed by atoms with Crippen LogP contribution in [0.4, 0.5) is 4.39 Å². The fraction of sp³-hybridized carbons (Fsp3) is 0.333. The van der Waals surface area contributed by atoms with Crippen molar-refractivity contribution in [3.63, 3.8) is 0 Å². The standard InChI is InChI=1S/C30H34ClFN2O3/c1-20(2)17-33-30(36)27(16-23-8-6-5-7-9-23)34(18-24-10-12-25(32)13-11-24)28(35)19-37-26-14-21(3)29(31)22(4)15-26/h5-15,20,27H,16-19H2,1-4H3,(H,33,36)/t27-/m1/s1. The van der Waals surface area contributed by atoms with E-state index in [9.17, 15) is 14.0 Å². The number of rotatable bonds is 11. The van der Waals surface area contributed by atoms with Crippen molar-refractivity contribution < 1.29 is 18.7 Å². The van der Waals surface area contributed by atoms with Gasteiger partial charge in [0.1, 0.15) is 17.6 Å². The van der Waals surface area contributed by atoms with Gasteiger partial charge in [-0.1, -0.05) is 67.9 Å². The third-order valence-electron chi connectivity index (χ3n) is 5.99. The first kappa shape index (κ1) is 28.2. The first-order chi connectivity index (χ1) is 17.6. The summed E-state index contributed by atoms with van der Waals surface area (Å²) in [7, 11) is 0. The Morgan fingerprint density at radius 1 is 0.973 bits per heavy atom. The van der Waals surface area contributed by atoms with Crippen molar-refractivity contribution in [3.05, 3.63) is 99.8 Å². The fourth-order valence-corrected chi connectivity index (χ4v) is 4.09. The molecule has 37 heavy (non-hydrogen) atoms. The molecule has 2 amide bonds. The van der Waals surface area contributed by atoms with E-state index in [2.05, 4.69) is 5.32 Å². The van der Waals surface area contributed by atoms with E-state index in [4.69, 9.17) is 16.3 Å². The molecular weight excluding hydrogens is 491 g/mol. The van der Waals surface area contributed by atoms with Crippen molar-refractivity contribution >= 4 is 23.4 Å². The van der Waals surface area contributed by atoms with Gasteiger partial charge in [-0.3, -0.25) is 9.59 Å². The van der Waals surface area contributed by atoms with Crippen molar-refractivity contribution in [3.8, 4) is 5.75 Å². The van der Waals surface area contributed by atoms with Crippen LogP contribution in [0.1, 0.15) is 36.1 Å². The molecular formula is C30H34ClFN2O3. The lowest BCUT2D eigenvalue weighted by Crippen LogP contribution is -2.52. The summed E-state index contributed by atoms with van der Waals surface area (Å²) in [6.45, 7) is 8.13. The second kappa shape index (κ2) is 13.2. The highest BCUT2D eigenvalue weighted by Gasteiger charge is 2.30. The number of ether oxygens (including phenoxy) is 1. The molecule has 0 spiro atoms. The first-order valence-corrected chi connectivity index (χ1v) is 12.8. The summed E-state index contributed by atoms with van der Waals surface area (Å²) in [6, 6.07) is 18.3. The number of amides is 2. The lowest BCUT2D eigenvalue weighted by Gasteiger charge is -2.31. The van der Waals surface area contributed by atoms with Crippen molar-refractivity contribution in [2.24, 2.45) is 5.92 Å². The highest BCUT2D eigenvalue weighted by Crippen LogP contribution is 2.26. The SMILES string of the molecule is Cc1cc(OCC(=O)N(Cc2ccc(F)cc2)[C@H](Cc2ccccc2)C(=O)NCC(C)C)cc(C)c1Cl. The summed E-state index contributed by atoms with van der Waals surface area (Å²) in [5.41, 5.74) is 3.33. The largest absolute Gasteiger partial charge is 0.484 e. The van der Waals surface area contributed by atoms with E-state index in [-0.39, 0.29) is 36.7 Å². The molecule has 0 aromatic heterocycles. The van der Waals surface area contributed by atoms with E-state index in [0.717, 1.165) is 16.7 Å². The average molecular weight is 525 g/mol. The van der Waals surface area contributed by atoms with Gasteiger partial charge in [0.25, 0.3) is 5.91 Å². The molecule has 5 nitrogen and oxygen atoms in total. The number of hydrogen-bond acceptors (Lipinski definition) is 3. The Labute approximate surface area is 223 Å². The Kier molecular flexibility index (Phi) is 10.1. The Morgan fingerprint density at radius 2 is 1.59 bits per heavy atom. The van der Waals surface area contributed by atoms with E-state index in [1.54, 1.807) is 24.3 Å². The summed E-state index contributed by atoms with van der Waals surface area (Å²) in [4.78, 5) is 28.6. The van der Waals surface area contributed by atoms with Gasteiger partial charge in [-0.25, -0.2) is 4.39 Å². The van der Waals surface area contributed by atoms with Crippen molar-refractivity contribution in [1.82, 2.24) is 10.2 Å². The quantitative estimate of drug-likeness (QED) is 0.340. The van der Waals surface area contributed by atoms with Crippen molar-refractivity contribution in [2.75, 3.05) is 13.2 Å². The number of nitrogens with one attached hydrogen (secondary N) is 1. The van der Waals surface area contributed by atoms with E-state index >= 15 is 0 Å². The van der Waals surface area contributed by atoms with Gasteiger partial charge in [0, 0.05) is 24.5 Å². The molecule has 0 heterocycles. The number of hydrogen-bond donors (Lipinski definition) is 1. The summed E-state index contributed by atoms with van der Waals surface area (Å²) in [5, 5.41) is 3.63. The zero-order valence-corrected chi connectivity index (χ0v) is 22.5. The minimum atomic E-state index is -0.781. The molecule has 0 aliphatic rings. The molecule has 0 unspecified atom stereocenters. The second-order valence-corrected chi connectivity index (χ2v) is 10.0. The van der Waals surface area contributed by atoms with Crippen LogP contribution in [0.15, 0.2) is 66.7 Å². The number of nitrogens with zero attached hydrogens (tertiary/aromatic N) is 1. The van der Waals surface area contributed by atoms with E-state index < -0.39 is 6.04 Å². The maximum Gasteiger partial charge on any atom is 0.261 e. The van der Waals surface area contributed by atoms with Gasteiger partial charge in [-0.05, 0) is 66.3 Å². The van der Waals surface area contributed by atoms with Gasteiger partial charge in [0.2, 0.25) is 5.91 Å². The zero-order valence-electron chi connectivity index (χ0n) is 21.8. The van der Waals surface area contributed by atoms with Crippen LogP contribution in [-0.2, 0) is 22.6 Å². The normalized spacial score (nSPS) is 11.8. The summed E-state index contributed by atoms with van der Waals surface area (Å²) in [5.74, 6) is -0.184. The van der Waals surface area contributed by atoms with E-state index in [1.165, 1.54) is 17.0 Å². The van der Waals surface area contributed by atoms with Gasteiger partial charge in [-0.2, -0.15) is 0 Å². The zero-order chi connectivity index (χ0) is 26.9. The summed E-state index contributed by atoms with van der Waals surface area (Å²) >= 11 is 6.27. The highest BCUT2D eigenvalue weighted by molar-refractivity contribution is 6.32. The summed E-state index contributed by atoms with van der Waals surface area (Å²) < 4.78 is 19.4. The maximum atomic E-state index is 13.6. The van der Waals surface area contributed by atoms with Crippen LogP contribution in [0, 0.1) is 25.6 Å². The van der Waals surface area contributed by atoms with Gasteiger partial charge in [0.15, 0.2) is 6.61 Å². The number of carbonyl (C=O) groups is 2. The van der Waals surface area contributed by atoms with Crippen LogP contribution in [0.25, 0.3) is 0 Å². The monoisotopic (exact) mass is 524 g/mol. The van der Waals surface area contributed by atoms with Gasteiger partial charge in [-0.15, -0.1) is 0 Å². The third kappa shape index (κ3) is 8.32. The number of aryl methyl sites for hydroxylation is 2. The highest BCUT2D eigenvalue weighted by atomic mass is 35.5. The van der Waals surface area contributed by atoms with Gasteiger partial charge < -0.3 is 15.0 Å². The van der Waals surface area contributed by atoms with Crippen molar-refractivity contribution in [2.45, 2.75) is 46.7 Å². The van der Waals surface area contributed by atoms with Crippen LogP contribution in [-0.4, -0.2) is 35.9 Å². The number of carbonyl (C=O) groups excluding carboxylic acids is 2. The minimum Gasteiger partial charge on any atom is -0.484 e. The fourth-order valence-electron chi connectivity index (χ4n) is 3.98. The number of halogens is 2. The van der Waals surface area contributed by atoms with Gasteiger partial charge in [0.05, 0.1) is 0 Å². The molecule has 0 aliphatic heterocycles. The van der Waals surface area contributed by atoms with Crippen LogP contribution in [0.5, 0.6) is 5.75 Å². The van der Waals surface area contributed by atoms with E-state index in [0.29, 0.717) is 29.3 Å². The van der Waals surface area contributed by atoms with Gasteiger partial charge >= 0.3 is 0 Å². The Bertz CT molecular complexity index is 1180. The lowest BCUT2D eigenvalue weighted by molar-refractivity contribution is -0.142. The molecule has 0 fully saturated rings. The molecule has 0 aliphatic carbocycles. The molecule has 1 N–H and O–H groups in total. The topological polar surface area (TPSA) is 58.6 Å². The molecule has 196 valence electrons. The molecule has 1 atom stereocenters. The second-order valence-electron chi connectivity index (χ2n) is 9.65. The Morgan fingerprint density at radius 3 is 2.19 bits per heavy atom. The van der Waals surface area contributed by atoms with Crippen LogP contribution in [0.2, 0.25) is 5.02 Å². The minimum absolute atomic E-state index is 0.133. The Balaban J connectivity index is 1.91. The first-order valence-electron chi connectivity index (χ1n) is 12.4. The predicted octanol–water partition coefficient (Wildman–Crippen LogP) is 5.89. The maximum absolute atomic E-state index is 13.6. The van der Waals surface area contributed by atoms with E-state index in [1.807, 2.05) is 58.0 Å². The number of benzene rings is 3. The molecule has 0 radical (unpaired) electrons. The van der Waals surface area contributed by atoms with Crippen LogP contribution in [0.3, 0.4) is 0 Å². The molecule has 0 saturated carbocycles. The molecule has 0 bridgehead atoms. The van der Waals surface area contributed by atoms with Crippen LogP contribution < -0.4 is 10.1 Å². The predicted molar refractivity (Wildman–Crippen MR) is 145 cm³/mol. The Hall–Kier alpha value is -3.38. The molecule has 3 aromatic rings. The summed E-state index contributed by atoms with van der Waals surface area (Å²) in [6.07, 6.45) is 0.330. The molecule has 7 heteroatoms. The average Bonchev–Trinajstić information content (AvgIpc) is 2.88.